The third-order valence-corrected chi connectivity index (χ3v) is 4.72. The summed E-state index contributed by atoms with van der Waals surface area (Å²) in [6.07, 6.45) is 0.868. The van der Waals surface area contributed by atoms with Crippen molar-refractivity contribution in [2.24, 2.45) is 0 Å². The van der Waals surface area contributed by atoms with Crippen LogP contribution in [0.2, 0.25) is 5.02 Å². The van der Waals surface area contributed by atoms with E-state index in [4.69, 9.17) is 11.6 Å². The molecule has 0 radical (unpaired) electrons. The first kappa shape index (κ1) is 17.4. The average Bonchev–Trinajstić information content (AvgIpc) is 3.01. The molecule has 3 aromatic rings. The molecule has 0 spiro atoms. The Morgan fingerprint density at radius 3 is 2.60 bits per heavy atom. The molecule has 7 heteroatoms. The van der Waals surface area contributed by atoms with Gasteiger partial charge in [0, 0.05) is 23.6 Å². The molecule has 0 unspecified atom stereocenters. The van der Waals surface area contributed by atoms with Gasteiger partial charge in [-0.15, -0.1) is 0 Å². The Bertz CT molecular complexity index is 860. The molecular formula is C18H16ClN3O2S. The summed E-state index contributed by atoms with van der Waals surface area (Å²) < 4.78 is 1.04. The van der Waals surface area contributed by atoms with E-state index in [1.165, 1.54) is 11.3 Å². The van der Waals surface area contributed by atoms with Crippen molar-refractivity contribution in [2.75, 3.05) is 11.9 Å². The van der Waals surface area contributed by atoms with Crippen LogP contribution in [0.1, 0.15) is 23.2 Å². The van der Waals surface area contributed by atoms with Crippen LogP contribution in [-0.4, -0.2) is 23.3 Å². The van der Waals surface area contributed by atoms with Crippen LogP contribution in [0.15, 0.2) is 48.5 Å². The van der Waals surface area contributed by atoms with Crippen LogP contribution in [0.5, 0.6) is 0 Å². The molecule has 1 aromatic heterocycles. The maximum atomic E-state index is 12.0. The van der Waals surface area contributed by atoms with E-state index < -0.39 is 0 Å². The molecule has 0 fully saturated rings. The molecule has 128 valence electrons. The zero-order valence-electron chi connectivity index (χ0n) is 13.3. The number of amides is 2. The van der Waals surface area contributed by atoms with Crippen molar-refractivity contribution in [3.8, 4) is 0 Å². The first-order chi connectivity index (χ1) is 12.1. The van der Waals surface area contributed by atoms with Gasteiger partial charge in [-0.3, -0.25) is 9.59 Å². The summed E-state index contributed by atoms with van der Waals surface area (Å²) in [5.74, 6) is -0.289. The van der Waals surface area contributed by atoms with Gasteiger partial charge in [0.2, 0.25) is 5.91 Å². The third kappa shape index (κ3) is 4.78. The van der Waals surface area contributed by atoms with Gasteiger partial charge in [0.25, 0.3) is 5.91 Å². The molecule has 0 saturated heterocycles. The van der Waals surface area contributed by atoms with Crippen LogP contribution in [0.25, 0.3) is 10.2 Å². The largest absolute Gasteiger partial charge is 0.352 e. The molecule has 2 aromatic carbocycles. The molecule has 25 heavy (non-hydrogen) atoms. The lowest BCUT2D eigenvalue weighted by atomic mass is 10.2. The average molecular weight is 374 g/mol. The second kappa shape index (κ2) is 8.09. The van der Waals surface area contributed by atoms with Gasteiger partial charge in [-0.1, -0.05) is 35.1 Å². The standard InChI is InChI=1S/C18H16ClN3O2S/c19-13-9-7-12(8-10-13)17(24)20-11-3-6-16(23)22-18-21-14-4-1-2-5-15(14)25-18/h1-2,4-5,7-10H,3,6,11H2,(H,20,24)(H,21,22,23). The second-order valence-electron chi connectivity index (χ2n) is 5.40. The van der Waals surface area contributed by atoms with Gasteiger partial charge in [0.1, 0.15) is 0 Å². The van der Waals surface area contributed by atoms with Crippen molar-refractivity contribution in [3.05, 3.63) is 59.1 Å². The van der Waals surface area contributed by atoms with Crippen molar-refractivity contribution in [3.63, 3.8) is 0 Å². The summed E-state index contributed by atoms with van der Waals surface area (Å²) in [5, 5.41) is 6.76. The molecule has 1 heterocycles. The molecule has 0 aliphatic carbocycles. The van der Waals surface area contributed by atoms with E-state index in [0.29, 0.717) is 35.1 Å². The SMILES string of the molecule is O=C(CCCNC(=O)c1ccc(Cl)cc1)Nc1nc2ccccc2s1. The zero-order chi connectivity index (χ0) is 17.6. The summed E-state index contributed by atoms with van der Waals surface area (Å²) >= 11 is 7.23. The number of rotatable bonds is 6. The fraction of sp³-hybridized carbons (Fsp3) is 0.167. The topological polar surface area (TPSA) is 71.1 Å². The Hall–Kier alpha value is -2.44. The van der Waals surface area contributed by atoms with Crippen LogP contribution in [-0.2, 0) is 4.79 Å². The van der Waals surface area contributed by atoms with E-state index in [0.717, 1.165) is 10.2 Å². The molecule has 2 amide bonds. The lowest BCUT2D eigenvalue weighted by Gasteiger charge is -2.05. The molecular weight excluding hydrogens is 358 g/mol. The van der Waals surface area contributed by atoms with Gasteiger partial charge in [0.05, 0.1) is 10.2 Å². The quantitative estimate of drug-likeness (QED) is 0.639. The highest BCUT2D eigenvalue weighted by Crippen LogP contribution is 2.25. The van der Waals surface area contributed by atoms with Crippen molar-refractivity contribution in [1.29, 1.82) is 0 Å². The first-order valence-electron chi connectivity index (χ1n) is 7.81. The van der Waals surface area contributed by atoms with Gasteiger partial charge in [-0.2, -0.15) is 0 Å². The van der Waals surface area contributed by atoms with Gasteiger partial charge in [0.15, 0.2) is 5.13 Å². The van der Waals surface area contributed by atoms with E-state index >= 15 is 0 Å². The predicted molar refractivity (Wildman–Crippen MR) is 101 cm³/mol. The number of hydrogen-bond acceptors (Lipinski definition) is 4. The number of nitrogens with zero attached hydrogens (tertiary/aromatic N) is 1. The molecule has 3 rings (SSSR count). The number of hydrogen-bond donors (Lipinski definition) is 2. The van der Waals surface area contributed by atoms with Crippen LogP contribution < -0.4 is 10.6 Å². The number of anilines is 1. The van der Waals surface area contributed by atoms with E-state index in [1.54, 1.807) is 24.3 Å². The fourth-order valence-electron chi connectivity index (χ4n) is 2.26. The number of carbonyl (C=O) groups is 2. The highest BCUT2D eigenvalue weighted by atomic mass is 35.5. The van der Waals surface area contributed by atoms with Crippen molar-refractivity contribution >= 4 is 50.1 Å². The molecule has 0 bridgehead atoms. The Labute approximate surface area is 154 Å². The van der Waals surface area contributed by atoms with Gasteiger partial charge < -0.3 is 10.6 Å². The normalized spacial score (nSPS) is 10.6. The lowest BCUT2D eigenvalue weighted by molar-refractivity contribution is -0.116. The van der Waals surface area contributed by atoms with E-state index in [1.807, 2.05) is 24.3 Å². The number of para-hydroxylation sites is 1. The van der Waals surface area contributed by atoms with Crippen LogP contribution >= 0.6 is 22.9 Å². The van der Waals surface area contributed by atoms with E-state index in [2.05, 4.69) is 15.6 Å². The summed E-state index contributed by atoms with van der Waals surface area (Å²) in [5.41, 5.74) is 1.42. The molecule has 0 aliphatic rings. The monoisotopic (exact) mass is 373 g/mol. The molecule has 0 aliphatic heterocycles. The third-order valence-electron chi connectivity index (χ3n) is 3.51. The minimum Gasteiger partial charge on any atom is -0.352 e. The number of halogens is 1. The minimum atomic E-state index is -0.178. The Morgan fingerprint density at radius 2 is 1.84 bits per heavy atom. The Morgan fingerprint density at radius 1 is 1.08 bits per heavy atom. The second-order valence-corrected chi connectivity index (χ2v) is 6.87. The van der Waals surface area contributed by atoms with Gasteiger partial charge in [-0.05, 0) is 42.8 Å². The minimum absolute atomic E-state index is 0.111. The number of aromatic nitrogens is 1. The van der Waals surface area contributed by atoms with Gasteiger partial charge in [-0.25, -0.2) is 4.98 Å². The highest BCUT2D eigenvalue weighted by Gasteiger charge is 2.08. The van der Waals surface area contributed by atoms with Crippen molar-refractivity contribution < 1.29 is 9.59 Å². The van der Waals surface area contributed by atoms with Crippen LogP contribution in [0.3, 0.4) is 0 Å². The molecule has 0 atom stereocenters. The summed E-state index contributed by atoms with van der Waals surface area (Å²) in [4.78, 5) is 28.3. The maximum Gasteiger partial charge on any atom is 0.251 e. The fourth-order valence-corrected chi connectivity index (χ4v) is 3.27. The summed E-state index contributed by atoms with van der Waals surface area (Å²) in [6, 6.07) is 14.4. The zero-order valence-corrected chi connectivity index (χ0v) is 14.9. The Balaban J connectivity index is 1.41. The number of benzene rings is 2. The summed E-state index contributed by atoms with van der Waals surface area (Å²) in [7, 11) is 0. The smallest absolute Gasteiger partial charge is 0.251 e. The van der Waals surface area contributed by atoms with Crippen LogP contribution in [0, 0.1) is 0 Å². The maximum absolute atomic E-state index is 12.0. The number of thiazole rings is 1. The van der Waals surface area contributed by atoms with Crippen molar-refractivity contribution in [2.45, 2.75) is 12.8 Å². The molecule has 5 nitrogen and oxygen atoms in total. The molecule has 2 N–H and O–H groups in total. The van der Waals surface area contributed by atoms with Crippen LogP contribution in [0.4, 0.5) is 5.13 Å². The van der Waals surface area contributed by atoms with Crippen molar-refractivity contribution in [1.82, 2.24) is 10.3 Å². The van der Waals surface area contributed by atoms with E-state index in [9.17, 15) is 9.59 Å². The highest BCUT2D eigenvalue weighted by molar-refractivity contribution is 7.22. The lowest BCUT2D eigenvalue weighted by Crippen LogP contribution is -2.25. The Kier molecular flexibility index (Phi) is 5.63. The predicted octanol–water partition coefficient (Wildman–Crippen LogP) is 4.10. The number of carbonyl (C=O) groups excluding carboxylic acids is 2. The summed E-state index contributed by atoms with van der Waals surface area (Å²) in [6.45, 7) is 0.425. The number of nitrogens with one attached hydrogen (secondary N) is 2. The first-order valence-corrected chi connectivity index (χ1v) is 9.00. The van der Waals surface area contributed by atoms with E-state index in [-0.39, 0.29) is 11.8 Å². The molecule has 0 saturated carbocycles. The number of fused-ring (bicyclic) bond motifs is 1. The van der Waals surface area contributed by atoms with Gasteiger partial charge >= 0.3 is 0 Å².